The molecule has 2 aromatic heterocycles. The minimum absolute atomic E-state index is 0.0332. The first-order chi connectivity index (χ1) is 17.5. The quantitative estimate of drug-likeness (QED) is 0.534. The summed E-state index contributed by atoms with van der Waals surface area (Å²) in [5.74, 6) is 0.111. The van der Waals surface area contributed by atoms with Crippen LogP contribution in [0.5, 0.6) is 0 Å². The number of anilines is 1. The van der Waals surface area contributed by atoms with Crippen LogP contribution < -0.4 is 4.90 Å². The Morgan fingerprint density at radius 2 is 1.92 bits per heavy atom. The first kappa shape index (κ1) is 24.6. The van der Waals surface area contributed by atoms with E-state index in [2.05, 4.69) is 20.9 Å². The van der Waals surface area contributed by atoms with Crippen molar-refractivity contribution in [3.63, 3.8) is 0 Å². The second-order valence-electron chi connectivity index (χ2n) is 9.82. The Labute approximate surface area is 216 Å². The van der Waals surface area contributed by atoms with E-state index in [1.165, 1.54) is 5.56 Å². The van der Waals surface area contributed by atoms with Crippen LogP contribution in [0.4, 0.5) is 5.69 Å². The van der Waals surface area contributed by atoms with Crippen LogP contribution in [0.2, 0.25) is 0 Å². The van der Waals surface area contributed by atoms with Gasteiger partial charge < -0.3 is 9.80 Å². The molecule has 0 aliphatic carbocycles. The molecule has 2 unspecified atom stereocenters. The summed E-state index contributed by atoms with van der Waals surface area (Å²) in [4.78, 5) is 41.7. The molecule has 2 amide bonds. The molecule has 36 heavy (non-hydrogen) atoms. The molecule has 0 spiro atoms. The van der Waals surface area contributed by atoms with E-state index in [-0.39, 0.29) is 17.9 Å². The lowest BCUT2D eigenvalue weighted by Gasteiger charge is -2.33. The average Bonchev–Trinajstić information content (AvgIpc) is 3.44. The zero-order valence-corrected chi connectivity index (χ0v) is 21.8. The summed E-state index contributed by atoms with van der Waals surface area (Å²) >= 11 is 1.57. The number of carbonyl (C=O) groups excluding carboxylic acids is 2. The number of benzene rings is 1. The minimum atomic E-state index is 0.0332. The molecule has 0 N–H and O–H groups in total. The summed E-state index contributed by atoms with van der Waals surface area (Å²) in [6.07, 6.45) is 7.01. The van der Waals surface area contributed by atoms with Crippen molar-refractivity contribution >= 4 is 28.8 Å². The molecule has 7 nitrogen and oxygen atoms in total. The Bertz CT molecular complexity index is 1210. The van der Waals surface area contributed by atoms with Crippen LogP contribution in [-0.2, 0) is 29.1 Å². The van der Waals surface area contributed by atoms with Gasteiger partial charge in [0.15, 0.2) is 0 Å². The van der Waals surface area contributed by atoms with E-state index < -0.39 is 0 Å². The molecule has 2 aliphatic rings. The van der Waals surface area contributed by atoms with Crippen LogP contribution >= 0.6 is 11.3 Å². The van der Waals surface area contributed by atoms with Gasteiger partial charge >= 0.3 is 0 Å². The van der Waals surface area contributed by atoms with Crippen LogP contribution in [-0.4, -0.2) is 56.8 Å². The second kappa shape index (κ2) is 10.9. The van der Waals surface area contributed by atoms with E-state index in [1.807, 2.05) is 58.6 Å². The molecule has 188 valence electrons. The van der Waals surface area contributed by atoms with E-state index in [0.29, 0.717) is 32.1 Å². The van der Waals surface area contributed by atoms with Gasteiger partial charge in [0.1, 0.15) is 0 Å². The highest BCUT2D eigenvalue weighted by Crippen LogP contribution is 2.32. The van der Waals surface area contributed by atoms with E-state index in [0.717, 1.165) is 47.8 Å². The second-order valence-corrected chi connectivity index (χ2v) is 10.9. The van der Waals surface area contributed by atoms with E-state index in [4.69, 9.17) is 0 Å². The molecule has 3 aromatic rings. The first-order valence-corrected chi connectivity index (χ1v) is 13.6. The van der Waals surface area contributed by atoms with Crippen LogP contribution in [0.15, 0.2) is 54.2 Å². The molecular formula is C28H33N5O2S. The summed E-state index contributed by atoms with van der Waals surface area (Å²) in [6.45, 7) is 6.20. The number of aryl methyl sites for hydroxylation is 1. The average molecular weight is 504 g/mol. The zero-order chi connectivity index (χ0) is 25.1. The number of hydrogen-bond donors (Lipinski definition) is 0. The Morgan fingerprint density at radius 1 is 1.08 bits per heavy atom. The molecule has 1 saturated heterocycles. The summed E-state index contributed by atoms with van der Waals surface area (Å²) in [5, 5.41) is 2.95. The number of fused-ring (bicyclic) bond motifs is 3. The molecule has 2 atom stereocenters. The fourth-order valence-corrected chi connectivity index (χ4v) is 6.20. The fraction of sp³-hybridized carbons (Fsp3) is 0.429. The SMILES string of the molecule is CC(=O)N1CCC2CCC(CN(C(=O)Cc3csc(C)n3)Cc3ccccc31)N2Cc1cccnc1. The normalized spacial score (nSPS) is 20.6. The molecule has 1 fully saturated rings. The first-order valence-electron chi connectivity index (χ1n) is 12.7. The van der Waals surface area contributed by atoms with Gasteiger partial charge in [0.2, 0.25) is 11.8 Å². The highest BCUT2D eigenvalue weighted by atomic mass is 32.1. The molecule has 0 radical (unpaired) electrons. The van der Waals surface area contributed by atoms with Gasteiger partial charge in [0.05, 0.1) is 17.1 Å². The lowest BCUT2D eigenvalue weighted by Crippen LogP contribution is -2.45. The van der Waals surface area contributed by atoms with Crippen molar-refractivity contribution in [1.29, 1.82) is 0 Å². The summed E-state index contributed by atoms with van der Waals surface area (Å²) < 4.78 is 0. The summed E-state index contributed by atoms with van der Waals surface area (Å²) in [5.41, 5.74) is 3.91. The Kier molecular flexibility index (Phi) is 7.43. The van der Waals surface area contributed by atoms with Crippen molar-refractivity contribution < 1.29 is 9.59 Å². The molecule has 2 aliphatic heterocycles. The van der Waals surface area contributed by atoms with E-state index in [9.17, 15) is 9.59 Å². The van der Waals surface area contributed by atoms with E-state index in [1.54, 1.807) is 24.5 Å². The van der Waals surface area contributed by atoms with Gasteiger partial charge in [-0.2, -0.15) is 0 Å². The lowest BCUT2D eigenvalue weighted by atomic mass is 10.1. The number of carbonyl (C=O) groups is 2. The van der Waals surface area contributed by atoms with Gasteiger partial charge in [-0.25, -0.2) is 4.98 Å². The Hall–Kier alpha value is -3.10. The zero-order valence-electron chi connectivity index (χ0n) is 21.0. The third kappa shape index (κ3) is 5.50. The molecule has 1 aromatic carbocycles. The number of pyridine rings is 1. The van der Waals surface area contributed by atoms with Crippen LogP contribution in [0.3, 0.4) is 0 Å². The topological polar surface area (TPSA) is 69.6 Å². The molecule has 5 rings (SSSR count). The number of rotatable bonds is 4. The molecule has 0 saturated carbocycles. The van der Waals surface area contributed by atoms with Crippen molar-refractivity contribution in [1.82, 2.24) is 19.8 Å². The molecule has 2 bridgehead atoms. The van der Waals surface area contributed by atoms with E-state index >= 15 is 0 Å². The molecule has 4 heterocycles. The number of aromatic nitrogens is 2. The van der Waals surface area contributed by atoms with Crippen LogP contribution in [0.1, 0.15) is 48.0 Å². The van der Waals surface area contributed by atoms with Crippen molar-refractivity contribution in [2.45, 2.75) is 64.7 Å². The Balaban J connectivity index is 1.49. The fourth-order valence-electron chi connectivity index (χ4n) is 5.59. The van der Waals surface area contributed by atoms with Crippen LogP contribution in [0, 0.1) is 6.92 Å². The van der Waals surface area contributed by atoms with Crippen molar-refractivity contribution in [3.8, 4) is 0 Å². The molecular weight excluding hydrogens is 470 g/mol. The summed E-state index contributed by atoms with van der Waals surface area (Å²) in [6, 6.07) is 12.7. The smallest absolute Gasteiger partial charge is 0.228 e. The molecule has 8 heteroatoms. The number of hydrogen-bond acceptors (Lipinski definition) is 6. The maximum absolute atomic E-state index is 13.7. The maximum Gasteiger partial charge on any atom is 0.228 e. The maximum atomic E-state index is 13.7. The van der Waals surface area contributed by atoms with Crippen molar-refractivity contribution in [2.75, 3.05) is 18.0 Å². The van der Waals surface area contributed by atoms with Gasteiger partial charge in [0.25, 0.3) is 0 Å². The van der Waals surface area contributed by atoms with Gasteiger partial charge in [-0.3, -0.25) is 19.5 Å². The minimum Gasteiger partial charge on any atom is -0.336 e. The van der Waals surface area contributed by atoms with Gasteiger partial charge in [-0.1, -0.05) is 24.3 Å². The van der Waals surface area contributed by atoms with Gasteiger partial charge in [-0.05, 0) is 49.4 Å². The summed E-state index contributed by atoms with van der Waals surface area (Å²) in [7, 11) is 0. The largest absolute Gasteiger partial charge is 0.336 e. The number of nitrogens with zero attached hydrogens (tertiary/aromatic N) is 5. The van der Waals surface area contributed by atoms with Gasteiger partial charge in [0, 0.05) is 68.6 Å². The van der Waals surface area contributed by atoms with Gasteiger partial charge in [-0.15, -0.1) is 11.3 Å². The Morgan fingerprint density at radius 3 is 2.67 bits per heavy atom. The van der Waals surface area contributed by atoms with Crippen molar-refractivity contribution in [2.24, 2.45) is 0 Å². The lowest BCUT2D eigenvalue weighted by molar-refractivity contribution is -0.132. The monoisotopic (exact) mass is 503 g/mol. The highest BCUT2D eigenvalue weighted by molar-refractivity contribution is 7.09. The van der Waals surface area contributed by atoms with Crippen LogP contribution in [0.25, 0.3) is 0 Å². The highest BCUT2D eigenvalue weighted by Gasteiger charge is 2.36. The number of amides is 2. The standard InChI is InChI=1S/C28H33N5O2S/c1-20-30-24(19-36-20)14-28(35)31-17-23-7-3-4-8-27(23)32(21(2)34)13-11-25-9-10-26(18-31)33(25)16-22-6-5-12-29-15-22/h3-8,12,15,19,25-26H,9-11,13-14,16-18H2,1-2H3. The third-order valence-electron chi connectivity index (χ3n) is 7.35. The third-order valence-corrected chi connectivity index (χ3v) is 8.17. The number of para-hydroxylation sites is 1. The van der Waals surface area contributed by atoms with Crippen molar-refractivity contribution in [3.05, 3.63) is 76.0 Å². The number of thiazole rings is 1. The predicted octanol–water partition coefficient (Wildman–Crippen LogP) is 4.21. The predicted molar refractivity (Wildman–Crippen MR) is 142 cm³/mol.